The first-order valence-corrected chi connectivity index (χ1v) is 9.11. The molecular weight excluding hydrogens is 330 g/mol. The molecule has 3 rings (SSSR count). The Morgan fingerprint density at radius 1 is 1.23 bits per heavy atom. The van der Waals surface area contributed by atoms with E-state index in [0.717, 1.165) is 34.8 Å². The first-order chi connectivity index (χ1) is 12.5. The average Bonchev–Trinajstić information content (AvgIpc) is 2.97. The van der Waals surface area contributed by atoms with E-state index in [1.54, 1.807) is 7.11 Å². The van der Waals surface area contributed by atoms with Crippen molar-refractivity contribution in [2.45, 2.75) is 27.2 Å². The molecule has 2 heterocycles. The van der Waals surface area contributed by atoms with Crippen LogP contribution in [0.2, 0.25) is 0 Å². The second-order valence-corrected chi connectivity index (χ2v) is 7.02. The van der Waals surface area contributed by atoms with Gasteiger partial charge in [-0.2, -0.15) is 5.10 Å². The molecule has 1 amide bonds. The third-order valence-electron chi connectivity index (χ3n) is 4.62. The maximum atomic E-state index is 13.2. The highest BCUT2D eigenvalue weighted by atomic mass is 16.5. The minimum absolute atomic E-state index is 0.0567. The summed E-state index contributed by atoms with van der Waals surface area (Å²) in [6.07, 6.45) is 0.773. The van der Waals surface area contributed by atoms with Gasteiger partial charge in [0.2, 0.25) is 0 Å². The minimum Gasteiger partial charge on any atom is -0.497 e. The lowest BCUT2D eigenvalue weighted by molar-refractivity contribution is 0.0301. The van der Waals surface area contributed by atoms with Gasteiger partial charge in [0.05, 0.1) is 43.0 Å². The number of benzene rings is 1. The normalized spacial score (nSPS) is 14.7. The Morgan fingerprint density at radius 3 is 2.46 bits per heavy atom. The number of carbonyl (C=O) groups is 1. The summed E-state index contributed by atoms with van der Waals surface area (Å²) in [6.45, 7) is 8.71. The van der Waals surface area contributed by atoms with Crippen LogP contribution in [0.25, 0.3) is 5.69 Å². The monoisotopic (exact) mass is 357 g/mol. The Hall–Kier alpha value is -2.34. The Balaban J connectivity index is 2.00. The van der Waals surface area contributed by atoms with Gasteiger partial charge in [0.1, 0.15) is 5.75 Å². The minimum atomic E-state index is 0.0567. The molecule has 0 spiro atoms. The van der Waals surface area contributed by atoms with E-state index in [0.29, 0.717) is 32.2 Å². The summed E-state index contributed by atoms with van der Waals surface area (Å²) in [7, 11) is 1.65. The summed E-state index contributed by atoms with van der Waals surface area (Å²) in [5, 5.41) is 4.79. The third kappa shape index (κ3) is 3.75. The molecule has 0 N–H and O–H groups in total. The van der Waals surface area contributed by atoms with Crippen LogP contribution in [-0.4, -0.2) is 54.0 Å². The lowest BCUT2D eigenvalue weighted by atomic mass is 10.0. The zero-order valence-electron chi connectivity index (χ0n) is 16.0. The SMILES string of the molecule is COc1ccc(-n2nc(CC(C)C)c(C(=O)N3CCOCC3)c2C)cc1. The van der Waals surface area contributed by atoms with Crippen molar-refractivity contribution in [2.75, 3.05) is 33.4 Å². The number of carbonyl (C=O) groups excluding carboxylic acids is 1. The number of nitrogens with zero attached hydrogens (tertiary/aromatic N) is 3. The number of amides is 1. The van der Waals surface area contributed by atoms with Crippen molar-refractivity contribution in [3.8, 4) is 11.4 Å². The number of methoxy groups -OCH3 is 1. The molecule has 1 aromatic heterocycles. The quantitative estimate of drug-likeness (QED) is 0.826. The van der Waals surface area contributed by atoms with Crippen molar-refractivity contribution >= 4 is 5.91 Å². The predicted octanol–water partition coefficient (Wildman–Crippen LogP) is 2.86. The molecule has 0 unspecified atom stereocenters. The molecule has 1 aliphatic heterocycles. The zero-order chi connectivity index (χ0) is 18.7. The summed E-state index contributed by atoms with van der Waals surface area (Å²) in [5.74, 6) is 1.27. The Bertz CT molecular complexity index is 759. The van der Waals surface area contributed by atoms with Crippen LogP contribution in [0.4, 0.5) is 0 Å². The summed E-state index contributed by atoms with van der Waals surface area (Å²) in [4.78, 5) is 15.0. The van der Waals surface area contributed by atoms with E-state index < -0.39 is 0 Å². The van der Waals surface area contributed by atoms with Gasteiger partial charge in [0, 0.05) is 13.1 Å². The van der Waals surface area contributed by atoms with Crippen LogP contribution < -0.4 is 4.74 Å². The van der Waals surface area contributed by atoms with Crippen LogP contribution in [-0.2, 0) is 11.2 Å². The van der Waals surface area contributed by atoms with E-state index in [9.17, 15) is 4.79 Å². The maximum Gasteiger partial charge on any atom is 0.257 e. The van der Waals surface area contributed by atoms with Gasteiger partial charge in [-0.05, 0) is 43.5 Å². The molecule has 1 aliphatic rings. The zero-order valence-corrected chi connectivity index (χ0v) is 16.0. The van der Waals surface area contributed by atoms with Crippen LogP contribution in [0.15, 0.2) is 24.3 Å². The van der Waals surface area contributed by atoms with Gasteiger partial charge in [-0.15, -0.1) is 0 Å². The molecule has 0 saturated carbocycles. The summed E-state index contributed by atoms with van der Waals surface area (Å²) in [6, 6.07) is 7.73. The highest BCUT2D eigenvalue weighted by Crippen LogP contribution is 2.24. The van der Waals surface area contributed by atoms with Crippen molar-refractivity contribution in [1.82, 2.24) is 14.7 Å². The number of rotatable bonds is 5. The second kappa shape index (κ2) is 7.91. The highest BCUT2D eigenvalue weighted by molar-refractivity contribution is 5.96. The van der Waals surface area contributed by atoms with Crippen molar-refractivity contribution in [3.63, 3.8) is 0 Å². The number of hydrogen-bond acceptors (Lipinski definition) is 4. The van der Waals surface area contributed by atoms with Gasteiger partial charge in [0.15, 0.2) is 0 Å². The summed E-state index contributed by atoms with van der Waals surface area (Å²) >= 11 is 0. The standard InChI is InChI=1S/C20H27N3O3/c1-14(2)13-18-19(20(24)22-9-11-26-12-10-22)15(3)23(21-18)16-5-7-17(25-4)8-6-16/h5-8,14H,9-13H2,1-4H3. The van der Waals surface area contributed by atoms with Gasteiger partial charge < -0.3 is 14.4 Å². The fourth-order valence-corrected chi connectivity index (χ4v) is 3.27. The Kier molecular flexibility index (Phi) is 5.61. The third-order valence-corrected chi connectivity index (χ3v) is 4.62. The molecule has 26 heavy (non-hydrogen) atoms. The highest BCUT2D eigenvalue weighted by Gasteiger charge is 2.27. The van der Waals surface area contributed by atoms with Crippen LogP contribution >= 0.6 is 0 Å². The van der Waals surface area contributed by atoms with Gasteiger partial charge in [0.25, 0.3) is 5.91 Å². The van der Waals surface area contributed by atoms with E-state index in [1.807, 2.05) is 40.8 Å². The van der Waals surface area contributed by atoms with E-state index in [2.05, 4.69) is 13.8 Å². The van der Waals surface area contributed by atoms with Gasteiger partial charge in [-0.25, -0.2) is 4.68 Å². The smallest absolute Gasteiger partial charge is 0.257 e. The van der Waals surface area contributed by atoms with Gasteiger partial charge >= 0.3 is 0 Å². The number of ether oxygens (including phenoxy) is 2. The first kappa shape index (κ1) is 18.5. The van der Waals surface area contributed by atoms with Crippen LogP contribution in [0.1, 0.15) is 35.6 Å². The van der Waals surface area contributed by atoms with Crippen molar-refractivity contribution in [3.05, 3.63) is 41.2 Å². The molecule has 1 saturated heterocycles. The molecule has 1 fully saturated rings. The molecule has 6 heteroatoms. The largest absolute Gasteiger partial charge is 0.497 e. The molecule has 0 bridgehead atoms. The number of hydrogen-bond donors (Lipinski definition) is 0. The van der Waals surface area contributed by atoms with E-state index in [4.69, 9.17) is 14.6 Å². The second-order valence-electron chi connectivity index (χ2n) is 7.02. The molecule has 6 nitrogen and oxygen atoms in total. The maximum absolute atomic E-state index is 13.2. The van der Waals surface area contributed by atoms with E-state index in [1.165, 1.54) is 0 Å². The number of aromatic nitrogens is 2. The summed E-state index contributed by atoms with van der Waals surface area (Å²) in [5.41, 5.74) is 3.40. The topological polar surface area (TPSA) is 56.6 Å². The van der Waals surface area contributed by atoms with Gasteiger partial charge in [-0.3, -0.25) is 4.79 Å². The fourth-order valence-electron chi connectivity index (χ4n) is 3.27. The fraction of sp³-hybridized carbons (Fsp3) is 0.500. The van der Waals surface area contributed by atoms with Crippen LogP contribution in [0, 0.1) is 12.8 Å². The van der Waals surface area contributed by atoms with Crippen LogP contribution in [0.3, 0.4) is 0 Å². The summed E-state index contributed by atoms with van der Waals surface area (Å²) < 4.78 is 12.5. The first-order valence-electron chi connectivity index (χ1n) is 9.11. The Labute approximate surface area is 154 Å². The molecule has 2 aromatic rings. The van der Waals surface area contributed by atoms with E-state index in [-0.39, 0.29) is 5.91 Å². The molecule has 0 aliphatic carbocycles. The van der Waals surface area contributed by atoms with Crippen molar-refractivity contribution in [1.29, 1.82) is 0 Å². The molecular formula is C20H27N3O3. The predicted molar refractivity (Wildman–Crippen MR) is 100 cm³/mol. The van der Waals surface area contributed by atoms with E-state index >= 15 is 0 Å². The average molecular weight is 357 g/mol. The van der Waals surface area contributed by atoms with Gasteiger partial charge in [-0.1, -0.05) is 13.8 Å². The van der Waals surface area contributed by atoms with Crippen LogP contribution in [0.5, 0.6) is 5.75 Å². The lowest BCUT2D eigenvalue weighted by Crippen LogP contribution is -2.41. The molecule has 1 aromatic carbocycles. The molecule has 140 valence electrons. The van der Waals surface area contributed by atoms with Crippen molar-refractivity contribution < 1.29 is 14.3 Å². The molecule has 0 atom stereocenters. The van der Waals surface area contributed by atoms with Crippen molar-refractivity contribution in [2.24, 2.45) is 5.92 Å². The lowest BCUT2D eigenvalue weighted by Gasteiger charge is -2.27. The molecule has 0 radical (unpaired) electrons. The Morgan fingerprint density at radius 2 is 1.88 bits per heavy atom. The number of morpholine rings is 1.